The van der Waals surface area contributed by atoms with E-state index >= 15 is 0 Å². The molecule has 2 aromatic carbocycles. The zero-order valence-electron chi connectivity index (χ0n) is 17.3. The molecule has 2 rings (SSSR count). The van der Waals surface area contributed by atoms with Crippen molar-refractivity contribution >= 4 is 23.2 Å². The number of rotatable bonds is 7. The van der Waals surface area contributed by atoms with Crippen LogP contribution in [0.4, 0.5) is 0 Å². The fraction of sp³-hybridized carbons (Fsp3) is 0.364. The third-order valence-corrected chi connectivity index (χ3v) is 4.89. The molecule has 0 heterocycles. The summed E-state index contributed by atoms with van der Waals surface area (Å²) in [5.41, 5.74) is 10.3. The Balaban J connectivity index is 2.11. The quantitative estimate of drug-likeness (QED) is 0.435. The Labute approximate surface area is 173 Å². The Morgan fingerprint density at radius 2 is 1.93 bits per heavy atom. The molecule has 0 aliphatic rings. The molecule has 0 aromatic heterocycles. The maximum Gasteiger partial charge on any atom is 0.290 e. The predicted molar refractivity (Wildman–Crippen MR) is 120 cm³/mol. The highest BCUT2D eigenvalue weighted by atomic mass is 32.1. The maximum atomic E-state index is 6.07. The minimum Gasteiger partial charge on any atom is -0.497 e. The van der Waals surface area contributed by atoms with Crippen LogP contribution in [0, 0.1) is 13.8 Å². The van der Waals surface area contributed by atoms with Crippen LogP contribution in [0.25, 0.3) is 0 Å². The van der Waals surface area contributed by atoms with Gasteiger partial charge in [0, 0.05) is 12.1 Å². The van der Waals surface area contributed by atoms with Gasteiger partial charge in [0.15, 0.2) is 0 Å². The van der Waals surface area contributed by atoms with Gasteiger partial charge in [0.25, 0.3) is 5.17 Å². The van der Waals surface area contributed by atoms with E-state index in [0.29, 0.717) is 11.5 Å². The minimum atomic E-state index is 0.0845. The first kappa shape index (κ1) is 21.9. The summed E-state index contributed by atoms with van der Waals surface area (Å²) < 4.78 is 11.0. The SMILES string of the molecule is CCN(C)CCc1cc(C)c(OC(=S)N=C(N)c2cccc(OC)c2)cc1C. The second-order valence-electron chi connectivity index (χ2n) is 6.79. The molecule has 5 nitrogen and oxygen atoms in total. The van der Waals surface area contributed by atoms with Gasteiger partial charge in [-0.15, -0.1) is 0 Å². The number of thiocarbonyl (C=S) groups is 1. The van der Waals surface area contributed by atoms with Crippen LogP contribution in [0.15, 0.2) is 41.4 Å². The van der Waals surface area contributed by atoms with Crippen molar-refractivity contribution in [3.8, 4) is 11.5 Å². The Bertz CT molecular complexity index is 865. The Hall–Kier alpha value is -2.44. The molecule has 2 aromatic rings. The molecule has 0 unspecified atom stereocenters. The van der Waals surface area contributed by atoms with E-state index in [1.165, 1.54) is 11.1 Å². The van der Waals surface area contributed by atoms with Gasteiger partial charge in [0.05, 0.1) is 7.11 Å². The van der Waals surface area contributed by atoms with Gasteiger partial charge in [-0.05, 0) is 81.0 Å². The number of benzene rings is 2. The molecular weight excluding hydrogens is 370 g/mol. The minimum absolute atomic E-state index is 0.0845. The van der Waals surface area contributed by atoms with Crippen LogP contribution in [0.1, 0.15) is 29.2 Å². The van der Waals surface area contributed by atoms with Gasteiger partial charge in [-0.3, -0.25) is 0 Å². The van der Waals surface area contributed by atoms with Crippen LogP contribution in [-0.4, -0.2) is 43.2 Å². The first-order valence-corrected chi connectivity index (χ1v) is 9.74. The van der Waals surface area contributed by atoms with E-state index in [-0.39, 0.29) is 11.0 Å². The van der Waals surface area contributed by atoms with E-state index in [9.17, 15) is 0 Å². The molecule has 6 heteroatoms. The van der Waals surface area contributed by atoms with Gasteiger partial charge in [0.1, 0.15) is 17.3 Å². The van der Waals surface area contributed by atoms with Crippen molar-refractivity contribution in [2.45, 2.75) is 27.2 Å². The number of nitrogens with two attached hydrogens (primary N) is 1. The Kier molecular flexibility index (Phi) is 7.96. The van der Waals surface area contributed by atoms with Crippen molar-refractivity contribution < 1.29 is 9.47 Å². The number of nitrogens with zero attached hydrogens (tertiary/aromatic N) is 2. The number of aliphatic imine (C=N–C) groups is 1. The maximum absolute atomic E-state index is 6.07. The van der Waals surface area contributed by atoms with Crippen molar-refractivity contribution in [1.82, 2.24) is 4.90 Å². The number of likely N-dealkylation sites (N-methyl/N-ethyl adjacent to an activating group) is 1. The first-order chi connectivity index (χ1) is 13.3. The van der Waals surface area contributed by atoms with Crippen LogP contribution in [0.5, 0.6) is 11.5 Å². The van der Waals surface area contributed by atoms with Gasteiger partial charge < -0.3 is 20.1 Å². The lowest BCUT2D eigenvalue weighted by Gasteiger charge is -2.16. The summed E-state index contributed by atoms with van der Waals surface area (Å²) in [7, 11) is 3.73. The normalized spacial score (nSPS) is 11.6. The fourth-order valence-corrected chi connectivity index (χ4v) is 2.95. The number of ether oxygens (including phenoxy) is 2. The smallest absolute Gasteiger partial charge is 0.290 e. The second kappa shape index (κ2) is 10.2. The van der Waals surface area contributed by atoms with E-state index in [1.807, 2.05) is 31.2 Å². The predicted octanol–water partition coefficient (Wildman–Crippen LogP) is 3.88. The molecule has 0 aliphatic heterocycles. The van der Waals surface area contributed by atoms with Gasteiger partial charge in [-0.25, -0.2) is 0 Å². The Morgan fingerprint density at radius 3 is 2.61 bits per heavy atom. The van der Waals surface area contributed by atoms with Crippen LogP contribution < -0.4 is 15.2 Å². The molecule has 28 heavy (non-hydrogen) atoms. The van der Waals surface area contributed by atoms with Gasteiger partial charge >= 0.3 is 0 Å². The number of hydrogen-bond acceptors (Lipinski definition) is 4. The molecule has 0 saturated carbocycles. The summed E-state index contributed by atoms with van der Waals surface area (Å²) in [5.74, 6) is 1.70. The molecule has 0 amide bonds. The molecule has 0 bridgehead atoms. The average Bonchev–Trinajstić information content (AvgIpc) is 2.69. The zero-order valence-corrected chi connectivity index (χ0v) is 18.1. The van der Waals surface area contributed by atoms with Crippen molar-refractivity contribution in [2.75, 3.05) is 27.2 Å². The van der Waals surface area contributed by atoms with Gasteiger partial charge in [-0.1, -0.05) is 25.1 Å². The Morgan fingerprint density at radius 1 is 1.18 bits per heavy atom. The lowest BCUT2D eigenvalue weighted by Crippen LogP contribution is -2.20. The topological polar surface area (TPSA) is 60.1 Å². The van der Waals surface area contributed by atoms with Crippen LogP contribution in [0.2, 0.25) is 0 Å². The number of amidine groups is 1. The molecule has 0 saturated heterocycles. The molecule has 0 fully saturated rings. The summed E-state index contributed by atoms with van der Waals surface area (Å²) in [4.78, 5) is 6.52. The second-order valence-corrected chi connectivity index (χ2v) is 7.14. The van der Waals surface area contributed by atoms with E-state index in [0.717, 1.165) is 30.6 Å². The van der Waals surface area contributed by atoms with Crippen molar-refractivity contribution in [1.29, 1.82) is 0 Å². The van der Waals surface area contributed by atoms with E-state index < -0.39 is 0 Å². The van der Waals surface area contributed by atoms with E-state index in [2.05, 4.69) is 36.9 Å². The highest BCUT2D eigenvalue weighted by molar-refractivity contribution is 7.80. The molecule has 150 valence electrons. The molecule has 0 aliphatic carbocycles. The number of methoxy groups -OCH3 is 1. The summed E-state index contributed by atoms with van der Waals surface area (Å²) in [6.07, 6.45) is 1.00. The number of aryl methyl sites for hydroxylation is 2. The van der Waals surface area contributed by atoms with Crippen LogP contribution >= 0.6 is 12.2 Å². The average molecular weight is 400 g/mol. The third-order valence-electron chi connectivity index (χ3n) is 4.71. The standard InChI is InChI=1S/C22H29N3O2S/c1-6-25(4)11-10-17-12-16(3)20(13-15(17)2)27-22(28)24-21(23)18-8-7-9-19(14-18)26-5/h7-9,12-14H,6,10-11H2,1-5H3,(H2,23,24,28). The van der Waals surface area contributed by atoms with Crippen molar-refractivity contribution in [3.63, 3.8) is 0 Å². The lowest BCUT2D eigenvalue weighted by atomic mass is 10.0. The largest absolute Gasteiger partial charge is 0.497 e. The molecule has 0 atom stereocenters. The summed E-state index contributed by atoms with van der Waals surface area (Å²) in [5, 5.41) is 0.0845. The van der Waals surface area contributed by atoms with Crippen molar-refractivity contribution in [3.05, 3.63) is 58.7 Å². The van der Waals surface area contributed by atoms with Crippen molar-refractivity contribution in [2.24, 2.45) is 10.7 Å². The first-order valence-electron chi connectivity index (χ1n) is 9.33. The van der Waals surface area contributed by atoms with Crippen LogP contribution in [-0.2, 0) is 6.42 Å². The number of hydrogen-bond donors (Lipinski definition) is 1. The van der Waals surface area contributed by atoms with E-state index in [1.54, 1.807) is 13.2 Å². The monoisotopic (exact) mass is 399 g/mol. The van der Waals surface area contributed by atoms with Crippen LogP contribution in [0.3, 0.4) is 0 Å². The fourth-order valence-electron chi connectivity index (χ4n) is 2.76. The molecule has 0 spiro atoms. The highest BCUT2D eigenvalue weighted by Gasteiger charge is 2.10. The molecule has 2 N–H and O–H groups in total. The third kappa shape index (κ3) is 6.04. The zero-order chi connectivity index (χ0) is 20.7. The highest BCUT2D eigenvalue weighted by Crippen LogP contribution is 2.24. The molecular formula is C22H29N3O2S. The molecule has 0 radical (unpaired) electrons. The summed E-state index contributed by atoms with van der Waals surface area (Å²) >= 11 is 5.28. The lowest BCUT2D eigenvalue weighted by molar-refractivity contribution is 0.357. The van der Waals surface area contributed by atoms with Gasteiger partial charge in [0.2, 0.25) is 0 Å². The van der Waals surface area contributed by atoms with E-state index in [4.69, 9.17) is 27.4 Å². The van der Waals surface area contributed by atoms with Gasteiger partial charge in [-0.2, -0.15) is 4.99 Å². The summed E-state index contributed by atoms with van der Waals surface area (Å²) in [6.45, 7) is 8.33. The summed E-state index contributed by atoms with van der Waals surface area (Å²) in [6, 6.07) is 11.5.